The molecule has 30 heavy (non-hydrogen) atoms. The lowest BCUT2D eigenvalue weighted by Gasteiger charge is -2.20. The van der Waals surface area contributed by atoms with Crippen molar-refractivity contribution in [3.8, 4) is 0 Å². The maximum atomic E-state index is 13.4. The number of hydrogen-bond acceptors (Lipinski definition) is 7. The Morgan fingerprint density at radius 1 is 1.50 bits per heavy atom. The van der Waals surface area contributed by atoms with Gasteiger partial charge in [0, 0.05) is 18.4 Å². The predicted octanol–water partition coefficient (Wildman–Crippen LogP) is 2.46. The maximum Gasteiger partial charge on any atom is 0.505 e. The van der Waals surface area contributed by atoms with E-state index in [9.17, 15) is 4.79 Å². The number of aromatic amines is 1. The fourth-order valence-corrected chi connectivity index (χ4v) is 4.27. The van der Waals surface area contributed by atoms with Crippen LogP contribution in [0.1, 0.15) is 49.9 Å². The van der Waals surface area contributed by atoms with Crippen LogP contribution in [0.3, 0.4) is 0 Å². The van der Waals surface area contributed by atoms with E-state index in [1.807, 2.05) is 6.92 Å². The normalized spacial score (nSPS) is 24.1. The molecule has 0 radical (unpaired) electrons. The molecule has 10 nitrogen and oxygen atoms in total. The van der Waals surface area contributed by atoms with Crippen LogP contribution >= 0.6 is 0 Å². The second-order valence-corrected chi connectivity index (χ2v) is 8.61. The Bertz CT molecular complexity index is 1020. The molecule has 2 fully saturated rings. The Morgan fingerprint density at radius 3 is 3.00 bits per heavy atom. The summed E-state index contributed by atoms with van der Waals surface area (Å²) in [7, 11) is 0. The highest BCUT2D eigenvalue weighted by atomic mass is 16.5. The number of H-pyrrole nitrogens is 1. The molecule has 1 aliphatic carbocycles. The summed E-state index contributed by atoms with van der Waals surface area (Å²) in [4.78, 5) is 13.4. The molecule has 2 aliphatic heterocycles. The van der Waals surface area contributed by atoms with E-state index in [1.54, 1.807) is 6.07 Å². The molecule has 5 rings (SSSR count). The minimum Gasteiger partial charge on any atom is -0.462 e. The van der Waals surface area contributed by atoms with Gasteiger partial charge < -0.3 is 15.2 Å². The number of nitrogens with zero attached hydrogens (tertiary/aromatic N) is 4. The summed E-state index contributed by atoms with van der Waals surface area (Å²) < 4.78 is 13.5. The van der Waals surface area contributed by atoms with E-state index in [0.717, 1.165) is 38.0 Å². The monoisotopic (exact) mass is 412 g/mol. The number of aromatic nitrogens is 4. The lowest BCUT2D eigenvalue weighted by molar-refractivity contribution is -0.337. The first-order valence-electron chi connectivity index (χ1n) is 10.3. The number of nitrogens with two attached hydrogens (primary N) is 1. The van der Waals surface area contributed by atoms with Gasteiger partial charge in [-0.05, 0) is 38.0 Å². The summed E-state index contributed by atoms with van der Waals surface area (Å²) in [5.74, 6) is 0.785. The van der Waals surface area contributed by atoms with Crippen molar-refractivity contribution < 1.29 is 18.8 Å². The number of carbonyl (C=O) groups excluding carboxylic acids is 1. The van der Waals surface area contributed by atoms with Crippen molar-refractivity contribution in [2.24, 2.45) is 5.41 Å². The molecule has 4 N–H and O–H groups in total. The van der Waals surface area contributed by atoms with Crippen LogP contribution in [0.5, 0.6) is 0 Å². The van der Waals surface area contributed by atoms with Crippen LogP contribution < -0.4 is 11.1 Å². The molecule has 2 aromatic rings. The van der Waals surface area contributed by atoms with E-state index in [2.05, 4.69) is 32.6 Å². The largest absolute Gasteiger partial charge is 0.505 e. The topological polar surface area (TPSA) is 131 Å². The standard InChI is InChI=1S/C20H25N7O3/c1-11-8-14(25-24-11)23-19(28)27-17-13(21)9-22-26-16(17)15(20(2)5-6-20)18(27)30-10-12-4-3-7-29-12/h8-9,12,15H,3-7,10H2,1-2H3,(H3-,21,22,23,24,25,26,28)/p+1/t12-,15?/m1/s1. The molecular formula is C20H26N7O3+. The van der Waals surface area contributed by atoms with Crippen molar-refractivity contribution in [2.45, 2.75) is 51.6 Å². The van der Waals surface area contributed by atoms with Gasteiger partial charge in [0.15, 0.2) is 5.69 Å². The van der Waals surface area contributed by atoms with Gasteiger partial charge in [0.2, 0.25) is 5.82 Å². The quantitative estimate of drug-likeness (QED) is 0.657. The van der Waals surface area contributed by atoms with Crippen molar-refractivity contribution in [1.82, 2.24) is 20.4 Å². The summed E-state index contributed by atoms with van der Waals surface area (Å²) in [5, 5.41) is 18.2. The lowest BCUT2D eigenvalue weighted by Crippen LogP contribution is -2.33. The van der Waals surface area contributed by atoms with Gasteiger partial charge in [-0.25, -0.2) is 0 Å². The van der Waals surface area contributed by atoms with Crippen LogP contribution in [0.2, 0.25) is 0 Å². The van der Waals surface area contributed by atoms with Crippen molar-refractivity contribution in [3.05, 3.63) is 23.7 Å². The van der Waals surface area contributed by atoms with Gasteiger partial charge in [-0.1, -0.05) is 6.92 Å². The van der Waals surface area contributed by atoms with Crippen LogP contribution in [-0.4, -0.2) is 56.2 Å². The molecule has 0 aromatic carbocycles. The van der Waals surface area contributed by atoms with Crippen LogP contribution in [0, 0.1) is 12.3 Å². The van der Waals surface area contributed by atoms with Gasteiger partial charge in [-0.15, -0.1) is 9.67 Å². The molecule has 1 saturated heterocycles. The highest BCUT2D eigenvalue weighted by molar-refractivity contribution is 5.97. The molecule has 10 heteroatoms. The zero-order chi connectivity index (χ0) is 20.9. The zero-order valence-electron chi connectivity index (χ0n) is 17.1. The highest BCUT2D eigenvalue weighted by Crippen LogP contribution is 2.59. The van der Waals surface area contributed by atoms with Crippen molar-refractivity contribution in [2.75, 3.05) is 24.3 Å². The van der Waals surface area contributed by atoms with E-state index >= 15 is 0 Å². The van der Waals surface area contributed by atoms with Crippen molar-refractivity contribution >= 4 is 29.1 Å². The minimum absolute atomic E-state index is 0.0243. The first-order valence-corrected chi connectivity index (χ1v) is 10.3. The number of amides is 2. The summed E-state index contributed by atoms with van der Waals surface area (Å²) in [5.41, 5.74) is 8.68. The third-order valence-electron chi connectivity index (χ3n) is 6.16. The van der Waals surface area contributed by atoms with Crippen molar-refractivity contribution in [3.63, 3.8) is 0 Å². The SMILES string of the molecule is Cc1cc(NC(=O)[N+]2=C(OC[C@H]3CCCO3)C(C3(C)CC3)c3nncc(N)c32)n[nH]1. The smallest absolute Gasteiger partial charge is 0.462 e. The molecule has 1 unspecified atom stereocenters. The van der Waals surface area contributed by atoms with Crippen molar-refractivity contribution in [1.29, 1.82) is 0 Å². The highest BCUT2D eigenvalue weighted by Gasteiger charge is 2.58. The van der Waals surface area contributed by atoms with E-state index in [1.165, 1.54) is 10.8 Å². The molecule has 0 spiro atoms. The molecule has 4 heterocycles. The Morgan fingerprint density at radius 2 is 2.33 bits per heavy atom. The van der Waals surface area contributed by atoms with Gasteiger partial charge >= 0.3 is 6.03 Å². The Balaban J connectivity index is 1.56. The van der Waals surface area contributed by atoms with Crippen LogP contribution in [0.15, 0.2) is 12.3 Å². The number of urea groups is 1. The summed E-state index contributed by atoms with van der Waals surface area (Å²) >= 11 is 0. The maximum absolute atomic E-state index is 13.4. The molecule has 1 saturated carbocycles. The third-order valence-corrected chi connectivity index (χ3v) is 6.16. The number of nitrogens with one attached hydrogen (secondary N) is 2. The Kier molecular flexibility index (Phi) is 4.46. The van der Waals surface area contributed by atoms with Crippen LogP contribution in [-0.2, 0) is 9.47 Å². The van der Waals surface area contributed by atoms with E-state index in [-0.39, 0.29) is 17.4 Å². The average Bonchev–Trinajstić information content (AvgIpc) is 3.10. The van der Waals surface area contributed by atoms with Gasteiger partial charge in [0.05, 0.1) is 12.3 Å². The Labute approximate surface area is 173 Å². The fourth-order valence-electron chi connectivity index (χ4n) is 4.27. The Hall–Kier alpha value is -3.01. The lowest BCUT2D eigenvalue weighted by atomic mass is 9.88. The number of fused-ring (bicyclic) bond motifs is 1. The third kappa shape index (κ3) is 3.20. The van der Waals surface area contributed by atoms with Gasteiger partial charge in [-0.2, -0.15) is 20.3 Å². The van der Waals surface area contributed by atoms with Gasteiger partial charge in [0.25, 0.3) is 5.90 Å². The van der Waals surface area contributed by atoms with E-state index in [4.69, 9.17) is 15.2 Å². The fraction of sp³-hybridized carbons (Fsp3) is 0.550. The summed E-state index contributed by atoms with van der Waals surface area (Å²) in [6, 6.07) is 1.37. The number of nitrogen functional groups attached to an aromatic ring is 1. The van der Waals surface area contributed by atoms with E-state index < -0.39 is 6.03 Å². The number of hydrogen-bond donors (Lipinski definition) is 3. The summed E-state index contributed by atoms with van der Waals surface area (Å²) in [6.45, 7) is 5.17. The predicted molar refractivity (Wildman–Crippen MR) is 109 cm³/mol. The number of ether oxygens (including phenoxy) is 2. The zero-order valence-corrected chi connectivity index (χ0v) is 17.1. The molecule has 3 aliphatic rings. The van der Waals surface area contributed by atoms with Crippen LogP contribution in [0.4, 0.5) is 22.0 Å². The summed E-state index contributed by atoms with van der Waals surface area (Å²) in [6.07, 6.45) is 5.50. The second-order valence-electron chi connectivity index (χ2n) is 8.61. The molecule has 2 atom stereocenters. The second kappa shape index (κ2) is 7.05. The van der Waals surface area contributed by atoms with Gasteiger partial charge in [-0.3, -0.25) is 5.10 Å². The number of anilines is 2. The number of carbonyl (C=O) groups is 1. The molecule has 2 amide bonds. The molecule has 158 valence electrons. The van der Waals surface area contributed by atoms with E-state index in [0.29, 0.717) is 35.4 Å². The molecule has 2 aromatic heterocycles. The average molecular weight is 412 g/mol. The van der Waals surface area contributed by atoms with Crippen LogP contribution in [0.25, 0.3) is 0 Å². The molecule has 0 bridgehead atoms. The number of aryl methyl sites for hydroxylation is 1. The number of rotatable bonds is 4. The first-order chi connectivity index (χ1) is 14.5. The molecular weight excluding hydrogens is 386 g/mol. The first kappa shape index (κ1) is 19.0. The minimum atomic E-state index is -0.392. The van der Waals surface area contributed by atoms with Gasteiger partial charge in [0.1, 0.15) is 23.9 Å².